The highest BCUT2D eigenvalue weighted by molar-refractivity contribution is 9.11. The molecule has 4 nitrogen and oxygen atoms in total. The number of anilines is 1. The number of pyridine rings is 2. The molecule has 0 radical (unpaired) electrons. The highest BCUT2D eigenvalue weighted by Crippen LogP contribution is 2.19. The molecule has 0 bridgehead atoms. The molecule has 2 aromatic rings. The Hall–Kier alpha value is -0.850. The molecule has 100 valence electrons. The number of rotatable bonds is 3. The van der Waals surface area contributed by atoms with E-state index in [1.165, 1.54) is 0 Å². The quantitative estimate of drug-likeness (QED) is 0.847. The fraction of sp³-hybridized carbons (Fsp3) is 0.167. The van der Waals surface area contributed by atoms with Crippen LogP contribution < -0.4 is 10.9 Å². The molecule has 0 aliphatic heterocycles. The third-order valence-electron chi connectivity index (χ3n) is 2.50. The van der Waals surface area contributed by atoms with Gasteiger partial charge in [-0.25, -0.2) is 4.98 Å². The maximum absolute atomic E-state index is 12.0. The van der Waals surface area contributed by atoms with Crippen LogP contribution in [0.4, 0.5) is 5.82 Å². The second-order valence-corrected chi connectivity index (χ2v) is 5.99. The van der Waals surface area contributed by atoms with Crippen LogP contribution in [-0.2, 0) is 6.54 Å². The molecule has 0 saturated heterocycles. The Labute approximate surface area is 132 Å². The van der Waals surface area contributed by atoms with Gasteiger partial charge in [0, 0.05) is 17.7 Å². The largest absolute Gasteiger partial charge is 0.373 e. The molecule has 1 N–H and O–H groups in total. The van der Waals surface area contributed by atoms with Crippen molar-refractivity contribution in [2.75, 3.05) is 12.4 Å². The highest BCUT2D eigenvalue weighted by Gasteiger charge is 2.08. The van der Waals surface area contributed by atoms with Crippen molar-refractivity contribution in [2.45, 2.75) is 6.54 Å². The lowest BCUT2D eigenvalue weighted by Crippen LogP contribution is -2.21. The Morgan fingerprint density at radius 1 is 1.42 bits per heavy atom. The highest BCUT2D eigenvalue weighted by atomic mass is 79.9. The van der Waals surface area contributed by atoms with Gasteiger partial charge in [0.1, 0.15) is 5.82 Å². The topological polar surface area (TPSA) is 46.9 Å². The molecule has 2 aromatic heterocycles. The minimum Gasteiger partial charge on any atom is -0.373 e. The molecular weight excluding hydrogens is 397 g/mol. The van der Waals surface area contributed by atoms with Crippen LogP contribution in [0.2, 0.25) is 5.02 Å². The van der Waals surface area contributed by atoms with Crippen LogP contribution in [0, 0.1) is 0 Å². The Bertz CT molecular complexity index is 673. The van der Waals surface area contributed by atoms with E-state index >= 15 is 0 Å². The standard InChI is InChI=1S/C12H10Br2ClN3O/c1-16-11-3-2-9(15)10(17-11)6-18-5-7(13)4-8(14)12(18)19/h2-5H,6H2,1H3,(H,16,17). The van der Waals surface area contributed by atoms with Gasteiger partial charge in [-0.3, -0.25) is 4.79 Å². The third-order valence-corrected chi connectivity index (χ3v) is 3.85. The summed E-state index contributed by atoms with van der Waals surface area (Å²) in [6.45, 7) is 0.311. The van der Waals surface area contributed by atoms with Crippen LogP contribution in [0.1, 0.15) is 5.69 Å². The summed E-state index contributed by atoms with van der Waals surface area (Å²) in [7, 11) is 1.78. The van der Waals surface area contributed by atoms with Gasteiger partial charge in [0.15, 0.2) is 0 Å². The SMILES string of the molecule is CNc1ccc(Cl)c(Cn2cc(Br)cc(Br)c2=O)n1. The average molecular weight is 407 g/mol. The van der Waals surface area contributed by atoms with Gasteiger partial charge in [0.05, 0.1) is 21.7 Å². The number of nitrogens with one attached hydrogen (secondary N) is 1. The summed E-state index contributed by atoms with van der Waals surface area (Å²) < 4.78 is 2.84. The van der Waals surface area contributed by atoms with Crippen LogP contribution in [0.25, 0.3) is 0 Å². The van der Waals surface area contributed by atoms with Crippen molar-refractivity contribution < 1.29 is 0 Å². The summed E-state index contributed by atoms with van der Waals surface area (Å²) in [5.41, 5.74) is 0.511. The lowest BCUT2D eigenvalue weighted by molar-refractivity contribution is 0.733. The molecule has 0 aromatic carbocycles. The first-order valence-electron chi connectivity index (χ1n) is 5.40. The van der Waals surface area contributed by atoms with Crippen molar-refractivity contribution in [3.05, 3.63) is 54.4 Å². The molecule has 7 heteroatoms. The molecule has 19 heavy (non-hydrogen) atoms. The first-order valence-corrected chi connectivity index (χ1v) is 7.36. The van der Waals surface area contributed by atoms with Crippen LogP contribution in [0.15, 0.2) is 38.1 Å². The fourth-order valence-corrected chi connectivity index (χ4v) is 3.00. The maximum Gasteiger partial charge on any atom is 0.265 e. The van der Waals surface area contributed by atoms with E-state index in [-0.39, 0.29) is 5.56 Å². The van der Waals surface area contributed by atoms with Crippen molar-refractivity contribution in [1.29, 1.82) is 0 Å². The van der Waals surface area contributed by atoms with E-state index in [9.17, 15) is 4.79 Å². The van der Waals surface area contributed by atoms with Gasteiger partial charge >= 0.3 is 0 Å². The molecule has 0 spiro atoms. The first-order chi connectivity index (χ1) is 9.01. The van der Waals surface area contributed by atoms with Crippen LogP contribution in [-0.4, -0.2) is 16.6 Å². The molecule has 0 aliphatic rings. The Morgan fingerprint density at radius 2 is 2.16 bits per heavy atom. The van der Waals surface area contributed by atoms with Gasteiger partial charge in [0.25, 0.3) is 5.56 Å². The zero-order chi connectivity index (χ0) is 14.0. The van der Waals surface area contributed by atoms with Gasteiger partial charge in [0.2, 0.25) is 0 Å². The van der Waals surface area contributed by atoms with Crippen molar-refractivity contribution >= 4 is 49.3 Å². The first kappa shape index (κ1) is 14.6. The predicted molar refractivity (Wildman–Crippen MR) is 84.0 cm³/mol. The molecule has 2 heterocycles. The summed E-state index contributed by atoms with van der Waals surface area (Å²) in [6.07, 6.45) is 1.71. The number of hydrogen-bond donors (Lipinski definition) is 1. The van der Waals surface area contributed by atoms with Gasteiger partial charge in [-0.1, -0.05) is 11.6 Å². The van der Waals surface area contributed by atoms with E-state index < -0.39 is 0 Å². The normalized spacial score (nSPS) is 10.5. The second kappa shape index (κ2) is 6.07. The Balaban J connectivity index is 2.44. The van der Waals surface area contributed by atoms with Gasteiger partial charge < -0.3 is 9.88 Å². The number of hydrogen-bond acceptors (Lipinski definition) is 3. The van der Waals surface area contributed by atoms with Crippen molar-refractivity contribution in [3.63, 3.8) is 0 Å². The van der Waals surface area contributed by atoms with E-state index in [0.717, 1.165) is 4.47 Å². The van der Waals surface area contributed by atoms with E-state index in [1.807, 2.05) is 0 Å². The predicted octanol–water partition coefficient (Wildman–Crippen LogP) is 3.51. The minimum atomic E-state index is -0.129. The van der Waals surface area contributed by atoms with Crippen molar-refractivity contribution in [2.24, 2.45) is 0 Å². The van der Waals surface area contributed by atoms with Crippen LogP contribution in [0.5, 0.6) is 0 Å². The number of halogens is 3. The van der Waals surface area contributed by atoms with E-state index in [2.05, 4.69) is 42.2 Å². The van der Waals surface area contributed by atoms with Gasteiger partial charge in [-0.2, -0.15) is 0 Å². The zero-order valence-electron chi connectivity index (χ0n) is 9.95. The second-order valence-electron chi connectivity index (χ2n) is 3.81. The lowest BCUT2D eigenvalue weighted by atomic mass is 10.3. The monoisotopic (exact) mass is 405 g/mol. The zero-order valence-corrected chi connectivity index (χ0v) is 13.9. The molecule has 0 saturated carbocycles. The summed E-state index contributed by atoms with van der Waals surface area (Å²) in [5.74, 6) is 0.710. The molecule has 0 fully saturated rings. The molecule has 0 atom stereocenters. The maximum atomic E-state index is 12.0. The number of aromatic nitrogens is 2. The minimum absolute atomic E-state index is 0.129. The summed E-state index contributed by atoms with van der Waals surface area (Å²) in [6, 6.07) is 5.25. The molecule has 2 rings (SSSR count). The molecule has 0 amide bonds. The van der Waals surface area contributed by atoms with E-state index in [1.54, 1.807) is 36.0 Å². The third kappa shape index (κ3) is 3.38. The molecule has 0 aliphatic carbocycles. The summed E-state index contributed by atoms with van der Waals surface area (Å²) in [4.78, 5) is 16.4. The van der Waals surface area contributed by atoms with E-state index in [0.29, 0.717) is 27.6 Å². The van der Waals surface area contributed by atoms with Gasteiger partial charge in [-0.05, 0) is 50.1 Å². The fourth-order valence-electron chi connectivity index (χ4n) is 1.58. The number of nitrogens with zero attached hydrogens (tertiary/aromatic N) is 2. The van der Waals surface area contributed by atoms with E-state index in [4.69, 9.17) is 11.6 Å². The Morgan fingerprint density at radius 3 is 2.84 bits per heavy atom. The van der Waals surface area contributed by atoms with Crippen LogP contribution >= 0.6 is 43.5 Å². The van der Waals surface area contributed by atoms with Crippen LogP contribution in [0.3, 0.4) is 0 Å². The Kier molecular flexibility index (Phi) is 4.65. The molecule has 0 unspecified atom stereocenters. The van der Waals surface area contributed by atoms with Gasteiger partial charge in [-0.15, -0.1) is 0 Å². The molecular formula is C12H10Br2ClN3O. The van der Waals surface area contributed by atoms with Crippen molar-refractivity contribution in [1.82, 2.24) is 9.55 Å². The summed E-state index contributed by atoms with van der Waals surface area (Å²) in [5, 5.41) is 3.47. The summed E-state index contributed by atoms with van der Waals surface area (Å²) >= 11 is 12.7. The van der Waals surface area contributed by atoms with Crippen molar-refractivity contribution in [3.8, 4) is 0 Å². The smallest absolute Gasteiger partial charge is 0.265 e. The average Bonchev–Trinajstić information content (AvgIpc) is 2.38. The lowest BCUT2D eigenvalue weighted by Gasteiger charge is -2.09.